The molecule has 1 aromatic heterocycles. The third-order valence-corrected chi connectivity index (χ3v) is 2.14. The summed E-state index contributed by atoms with van der Waals surface area (Å²) in [5.41, 5.74) is 6.35. The van der Waals surface area contributed by atoms with Crippen LogP contribution >= 0.6 is 0 Å². The van der Waals surface area contributed by atoms with E-state index < -0.39 is 11.7 Å². The van der Waals surface area contributed by atoms with Crippen molar-refractivity contribution < 1.29 is 9.53 Å². The van der Waals surface area contributed by atoms with Crippen molar-refractivity contribution in [3.8, 4) is 11.4 Å². The smallest absolute Gasteiger partial charge is 0.441 e. The third kappa shape index (κ3) is 3.27. The monoisotopic (exact) mass is 261 g/mol. The maximum atomic E-state index is 11.7. The van der Waals surface area contributed by atoms with E-state index in [1.807, 2.05) is 0 Å². The Hall–Kier alpha value is -2.44. The summed E-state index contributed by atoms with van der Waals surface area (Å²) in [7, 11) is 0. The van der Waals surface area contributed by atoms with Gasteiger partial charge in [-0.3, -0.25) is 0 Å². The first kappa shape index (κ1) is 13.0. The van der Waals surface area contributed by atoms with Crippen LogP contribution in [-0.4, -0.2) is 31.9 Å². The maximum absolute atomic E-state index is 11.7. The van der Waals surface area contributed by atoms with Crippen LogP contribution in [-0.2, 0) is 4.74 Å². The first-order valence-electron chi connectivity index (χ1n) is 5.74. The Bertz CT molecular complexity index is 583. The lowest BCUT2D eigenvalue weighted by Crippen LogP contribution is -2.28. The summed E-state index contributed by atoms with van der Waals surface area (Å²) in [6.45, 7) is 5.30. The van der Waals surface area contributed by atoms with Crippen molar-refractivity contribution in [1.82, 2.24) is 20.2 Å². The van der Waals surface area contributed by atoms with Gasteiger partial charge >= 0.3 is 6.09 Å². The highest BCUT2D eigenvalue weighted by molar-refractivity contribution is 5.69. The molecule has 0 saturated carbocycles. The molecular weight excluding hydrogens is 246 g/mol. The van der Waals surface area contributed by atoms with Crippen LogP contribution < -0.4 is 5.73 Å². The van der Waals surface area contributed by atoms with Crippen LogP contribution in [0.25, 0.3) is 11.4 Å². The molecule has 0 aliphatic rings. The van der Waals surface area contributed by atoms with Gasteiger partial charge in [0.15, 0.2) is 0 Å². The van der Waals surface area contributed by atoms with Crippen LogP contribution in [0.15, 0.2) is 24.3 Å². The fourth-order valence-electron chi connectivity index (χ4n) is 1.34. The molecule has 0 amide bonds. The van der Waals surface area contributed by atoms with Gasteiger partial charge in [-0.15, -0.1) is 10.2 Å². The molecule has 0 aliphatic heterocycles. The van der Waals surface area contributed by atoms with Crippen molar-refractivity contribution in [3.63, 3.8) is 0 Å². The second-order valence-corrected chi connectivity index (χ2v) is 5.00. The first-order chi connectivity index (χ1) is 8.85. The van der Waals surface area contributed by atoms with Gasteiger partial charge in [-0.05, 0) is 50.3 Å². The van der Waals surface area contributed by atoms with Crippen molar-refractivity contribution in [2.75, 3.05) is 5.73 Å². The second kappa shape index (κ2) is 4.68. The van der Waals surface area contributed by atoms with Crippen LogP contribution in [0, 0.1) is 0 Å². The number of carbonyl (C=O) groups excluding carboxylic acids is 1. The van der Waals surface area contributed by atoms with E-state index in [1.165, 1.54) is 0 Å². The van der Waals surface area contributed by atoms with Gasteiger partial charge in [0.2, 0.25) is 5.82 Å². The van der Waals surface area contributed by atoms with Crippen LogP contribution in [0.5, 0.6) is 0 Å². The molecule has 0 saturated heterocycles. The first-order valence-corrected chi connectivity index (χ1v) is 5.74. The van der Waals surface area contributed by atoms with Crippen molar-refractivity contribution >= 4 is 11.8 Å². The molecule has 0 bridgehead atoms. The molecule has 1 heterocycles. The Morgan fingerprint density at radius 3 is 2.47 bits per heavy atom. The Morgan fingerprint density at radius 2 is 1.89 bits per heavy atom. The average molecular weight is 261 g/mol. The molecule has 7 heteroatoms. The Balaban J connectivity index is 2.19. The van der Waals surface area contributed by atoms with Crippen molar-refractivity contribution in [2.45, 2.75) is 26.4 Å². The fraction of sp³-hybridized carbons (Fsp3) is 0.333. The van der Waals surface area contributed by atoms with E-state index in [1.54, 1.807) is 45.0 Å². The summed E-state index contributed by atoms with van der Waals surface area (Å²) in [6.07, 6.45) is -0.665. The zero-order valence-corrected chi connectivity index (χ0v) is 11.0. The average Bonchev–Trinajstić information content (AvgIpc) is 2.77. The lowest BCUT2D eigenvalue weighted by Gasteiger charge is -2.17. The summed E-state index contributed by atoms with van der Waals surface area (Å²) in [4.78, 5) is 12.5. The largest absolute Gasteiger partial charge is 0.454 e. The summed E-state index contributed by atoms with van der Waals surface area (Å²) in [5, 5.41) is 11.4. The molecule has 0 spiro atoms. The number of hydrogen-bond donors (Lipinski definition) is 1. The number of aromatic nitrogens is 4. The zero-order valence-electron chi connectivity index (χ0n) is 11.0. The molecule has 2 N–H and O–H groups in total. The summed E-state index contributed by atoms with van der Waals surface area (Å²) in [6, 6.07) is 6.96. The molecule has 1 aromatic carbocycles. The van der Waals surface area contributed by atoms with Crippen LogP contribution in [0.2, 0.25) is 0 Å². The van der Waals surface area contributed by atoms with E-state index in [9.17, 15) is 4.79 Å². The second-order valence-electron chi connectivity index (χ2n) is 5.00. The van der Waals surface area contributed by atoms with Gasteiger partial charge in [-0.1, -0.05) is 4.80 Å². The SMILES string of the molecule is CC(C)(C)OC(=O)n1nnc(-c2ccc(N)cc2)n1. The number of nitrogens with zero attached hydrogens (tertiary/aromatic N) is 4. The number of rotatable bonds is 1. The van der Waals surface area contributed by atoms with E-state index in [2.05, 4.69) is 15.4 Å². The quantitative estimate of drug-likeness (QED) is 0.785. The number of tetrazole rings is 1. The van der Waals surface area contributed by atoms with E-state index in [0.29, 0.717) is 11.5 Å². The third-order valence-electron chi connectivity index (χ3n) is 2.14. The fourth-order valence-corrected chi connectivity index (χ4v) is 1.34. The van der Waals surface area contributed by atoms with E-state index in [-0.39, 0.29) is 0 Å². The molecule has 0 aliphatic carbocycles. The van der Waals surface area contributed by atoms with Gasteiger partial charge in [-0.25, -0.2) is 4.79 Å². The lowest BCUT2D eigenvalue weighted by molar-refractivity contribution is 0.0485. The predicted octanol–water partition coefficient (Wildman–Crippen LogP) is 1.71. The molecule has 7 nitrogen and oxygen atoms in total. The summed E-state index contributed by atoms with van der Waals surface area (Å²) >= 11 is 0. The molecular formula is C12H15N5O2. The van der Waals surface area contributed by atoms with Gasteiger partial charge in [-0.2, -0.15) is 0 Å². The van der Waals surface area contributed by atoms with Crippen molar-refractivity contribution in [2.24, 2.45) is 0 Å². The Labute approximate surface area is 110 Å². The van der Waals surface area contributed by atoms with E-state index >= 15 is 0 Å². The minimum absolute atomic E-state index is 0.339. The number of carbonyl (C=O) groups is 1. The molecule has 0 unspecified atom stereocenters. The highest BCUT2D eigenvalue weighted by Crippen LogP contribution is 2.15. The van der Waals surface area contributed by atoms with Gasteiger partial charge in [0.1, 0.15) is 5.60 Å². The highest BCUT2D eigenvalue weighted by atomic mass is 16.6. The standard InChI is InChI=1S/C12H15N5O2/c1-12(2,3)19-11(18)17-15-10(14-16-17)8-4-6-9(13)7-5-8/h4-7H,13H2,1-3H3. The summed E-state index contributed by atoms with van der Waals surface area (Å²) < 4.78 is 5.13. The maximum Gasteiger partial charge on any atom is 0.454 e. The van der Waals surface area contributed by atoms with Gasteiger partial charge in [0.05, 0.1) is 0 Å². The normalized spacial score (nSPS) is 11.3. The zero-order chi connectivity index (χ0) is 14.0. The Kier molecular flexibility index (Phi) is 3.20. The number of ether oxygens (including phenoxy) is 1. The van der Waals surface area contributed by atoms with Crippen LogP contribution in [0.3, 0.4) is 0 Å². The molecule has 0 atom stereocenters. The summed E-state index contributed by atoms with van der Waals surface area (Å²) in [5.74, 6) is 0.339. The molecule has 0 fully saturated rings. The molecule has 19 heavy (non-hydrogen) atoms. The van der Waals surface area contributed by atoms with E-state index in [0.717, 1.165) is 10.4 Å². The van der Waals surface area contributed by atoms with Crippen LogP contribution in [0.4, 0.5) is 10.5 Å². The minimum atomic E-state index is -0.665. The molecule has 2 rings (SSSR count). The lowest BCUT2D eigenvalue weighted by atomic mass is 10.2. The van der Waals surface area contributed by atoms with Crippen molar-refractivity contribution in [3.05, 3.63) is 24.3 Å². The van der Waals surface area contributed by atoms with Crippen LogP contribution in [0.1, 0.15) is 20.8 Å². The van der Waals surface area contributed by atoms with Gasteiger partial charge < -0.3 is 10.5 Å². The number of benzene rings is 1. The van der Waals surface area contributed by atoms with Crippen molar-refractivity contribution in [1.29, 1.82) is 0 Å². The van der Waals surface area contributed by atoms with Gasteiger partial charge in [0, 0.05) is 11.3 Å². The highest BCUT2D eigenvalue weighted by Gasteiger charge is 2.20. The number of anilines is 1. The van der Waals surface area contributed by atoms with E-state index in [4.69, 9.17) is 10.5 Å². The van der Waals surface area contributed by atoms with Gasteiger partial charge in [0.25, 0.3) is 0 Å². The molecule has 2 aromatic rings. The number of nitrogen functional groups attached to an aromatic ring is 1. The molecule has 100 valence electrons. The molecule has 0 radical (unpaired) electrons. The predicted molar refractivity (Wildman–Crippen MR) is 69.3 cm³/mol. The number of nitrogens with two attached hydrogens (primary N) is 1. The Morgan fingerprint density at radius 1 is 1.26 bits per heavy atom. The minimum Gasteiger partial charge on any atom is -0.441 e. The topological polar surface area (TPSA) is 95.9 Å². The number of hydrogen-bond acceptors (Lipinski definition) is 6.